The molecule has 2 aliphatic rings. The van der Waals surface area contributed by atoms with E-state index in [0.717, 1.165) is 12.2 Å². The Bertz CT molecular complexity index is 422. The first-order valence-corrected chi connectivity index (χ1v) is 5.60. The van der Waals surface area contributed by atoms with Crippen LogP contribution in [0.25, 0.3) is 0 Å². The number of benzene rings is 1. The molecular formula is C12H14FN3. The van der Waals surface area contributed by atoms with Crippen molar-refractivity contribution in [3.8, 4) is 0 Å². The van der Waals surface area contributed by atoms with E-state index in [1.807, 2.05) is 4.90 Å². The van der Waals surface area contributed by atoms with Gasteiger partial charge in [-0.2, -0.15) is 0 Å². The predicted octanol–water partition coefficient (Wildman–Crippen LogP) is 1.74. The smallest absolute Gasteiger partial charge is 0.196 e. The monoisotopic (exact) mass is 219 g/mol. The van der Waals surface area contributed by atoms with Crippen LogP contribution < -0.4 is 10.6 Å². The van der Waals surface area contributed by atoms with Gasteiger partial charge in [0.1, 0.15) is 5.82 Å². The average Bonchev–Trinajstić information content (AvgIpc) is 3.05. The van der Waals surface area contributed by atoms with E-state index in [4.69, 9.17) is 5.73 Å². The molecule has 0 spiro atoms. The van der Waals surface area contributed by atoms with Gasteiger partial charge in [-0.05, 0) is 43.0 Å². The lowest BCUT2D eigenvalue weighted by Crippen LogP contribution is -2.42. The molecule has 1 aromatic carbocycles. The number of nitrogens with zero attached hydrogens (tertiary/aromatic N) is 2. The largest absolute Gasteiger partial charge is 0.370 e. The second-order valence-corrected chi connectivity index (χ2v) is 4.45. The van der Waals surface area contributed by atoms with Crippen molar-refractivity contribution in [3.05, 3.63) is 30.1 Å². The zero-order chi connectivity index (χ0) is 11.1. The summed E-state index contributed by atoms with van der Waals surface area (Å²) >= 11 is 0. The maximum Gasteiger partial charge on any atom is 0.196 e. The third-order valence-electron chi connectivity index (χ3n) is 3.29. The molecule has 0 bridgehead atoms. The number of hydrogen-bond donors (Lipinski definition) is 1. The van der Waals surface area contributed by atoms with E-state index in [0.29, 0.717) is 17.9 Å². The molecule has 1 fully saturated rings. The molecule has 3 nitrogen and oxygen atoms in total. The van der Waals surface area contributed by atoms with Crippen LogP contribution in [0.3, 0.4) is 0 Å². The van der Waals surface area contributed by atoms with Crippen LogP contribution in [0.5, 0.6) is 0 Å². The van der Waals surface area contributed by atoms with Crippen molar-refractivity contribution >= 4 is 11.6 Å². The van der Waals surface area contributed by atoms with Crippen LogP contribution in [-0.4, -0.2) is 18.5 Å². The summed E-state index contributed by atoms with van der Waals surface area (Å²) in [6, 6.07) is 6.83. The van der Waals surface area contributed by atoms with Gasteiger partial charge in [0, 0.05) is 5.69 Å². The Morgan fingerprint density at radius 3 is 2.56 bits per heavy atom. The van der Waals surface area contributed by atoms with Crippen LogP contribution in [0.1, 0.15) is 12.8 Å². The molecule has 1 aliphatic carbocycles. The first-order chi connectivity index (χ1) is 7.75. The summed E-state index contributed by atoms with van der Waals surface area (Å²) in [5, 5.41) is 0. The summed E-state index contributed by atoms with van der Waals surface area (Å²) in [6.07, 6.45) is 2.51. The van der Waals surface area contributed by atoms with Crippen molar-refractivity contribution in [1.82, 2.24) is 0 Å². The number of nitrogens with two attached hydrogens (primary N) is 1. The van der Waals surface area contributed by atoms with Gasteiger partial charge in [0.25, 0.3) is 0 Å². The first kappa shape index (κ1) is 9.63. The molecule has 0 radical (unpaired) electrons. The molecule has 1 saturated carbocycles. The van der Waals surface area contributed by atoms with Gasteiger partial charge >= 0.3 is 0 Å². The van der Waals surface area contributed by atoms with Gasteiger partial charge in [0.05, 0.1) is 12.6 Å². The van der Waals surface area contributed by atoms with Crippen molar-refractivity contribution in [1.29, 1.82) is 0 Å². The van der Waals surface area contributed by atoms with E-state index in [1.54, 1.807) is 12.1 Å². The second kappa shape index (κ2) is 3.47. The number of hydrogen-bond acceptors (Lipinski definition) is 3. The van der Waals surface area contributed by atoms with Crippen molar-refractivity contribution in [2.75, 3.05) is 11.4 Å². The Labute approximate surface area is 93.8 Å². The minimum absolute atomic E-state index is 0.221. The quantitative estimate of drug-likeness (QED) is 0.823. The highest BCUT2D eigenvalue weighted by atomic mass is 19.1. The van der Waals surface area contributed by atoms with E-state index in [2.05, 4.69) is 4.99 Å². The number of halogens is 1. The number of aliphatic imine (C=N–C) groups is 1. The molecule has 4 heteroatoms. The SMILES string of the molecule is NC1=NCC(C2CC2)N1c1ccc(F)cc1. The number of guanidine groups is 1. The zero-order valence-corrected chi connectivity index (χ0v) is 8.94. The number of anilines is 1. The minimum Gasteiger partial charge on any atom is -0.370 e. The Kier molecular flexibility index (Phi) is 2.09. The van der Waals surface area contributed by atoms with E-state index >= 15 is 0 Å². The summed E-state index contributed by atoms with van der Waals surface area (Å²) in [6.45, 7) is 0.772. The molecule has 1 aliphatic heterocycles. The molecule has 0 aromatic heterocycles. The van der Waals surface area contributed by atoms with Crippen LogP contribution in [0.2, 0.25) is 0 Å². The minimum atomic E-state index is -0.221. The summed E-state index contributed by atoms with van der Waals surface area (Å²) in [5.41, 5.74) is 6.83. The Morgan fingerprint density at radius 2 is 1.94 bits per heavy atom. The highest BCUT2D eigenvalue weighted by Gasteiger charge is 2.39. The van der Waals surface area contributed by atoms with Gasteiger partial charge < -0.3 is 10.6 Å². The molecule has 0 amide bonds. The van der Waals surface area contributed by atoms with Crippen molar-refractivity contribution in [3.63, 3.8) is 0 Å². The lowest BCUT2D eigenvalue weighted by Gasteiger charge is -2.26. The van der Waals surface area contributed by atoms with Gasteiger partial charge in [-0.3, -0.25) is 4.99 Å². The molecule has 3 rings (SSSR count). The third-order valence-corrected chi connectivity index (χ3v) is 3.29. The van der Waals surface area contributed by atoms with E-state index < -0.39 is 0 Å². The zero-order valence-electron chi connectivity index (χ0n) is 8.94. The second-order valence-electron chi connectivity index (χ2n) is 4.45. The fraction of sp³-hybridized carbons (Fsp3) is 0.417. The molecule has 1 aromatic rings. The van der Waals surface area contributed by atoms with Crippen molar-refractivity contribution in [2.45, 2.75) is 18.9 Å². The highest BCUT2D eigenvalue weighted by molar-refractivity contribution is 5.97. The lowest BCUT2D eigenvalue weighted by molar-refractivity contribution is 0.619. The maximum absolute atomic E-state index is 12.9. The summed E-state index contributed by atoms with van der Waals surface area (Å²) in [4.78, 5) is 6.32. The summed E-state index contributed by atoms with van der Waals surface area (Å²) in [7, 11) is 0. The van der Waals surface area contributed by atoms with Crippen LogP contribution in [0, 0.1) is 11.7 Å². The standard InChI is InChI=1S/C12H14FN3/c13-9-3-5-10(6-4-9)16-11(8-1-2-8)7-15-12(16)14/h3-6,8,11H,1-2,7H2,(H2,14,15). The summed E-state index contributed by atoms with van der Waals surface area (Å²) < 4.78 is 12.9. The van der Waals surface area contributed by atoms with Crippen LogP contribution in [-0.2, 0) is 0 Å². The number of rotatable bonds is 2. The Balaban J connectivity index is 1.90. The average molecular weight is 219 g/mol. The molecular weight excluding hydrogens is 205 g/mol. The fourth-order valence-electron chi connectivity index (χ4n) is 2.28. The van der Waals surface area contributed by atoms with Crippen molar-refractivity contribution < 1.29 is 4.39 Å². The molecule has 1 heterocycles. The van der Waals surface area contributed by atoms with Crippen LogP contribution in [0.15, 0.2) is 29.3 Å². The fourth-order valence-corrected chi connectivity index (χ4v) is 2.28. The topological polar surface area (TPSA) is 41.6 Å². The molecule has 84 valence electrons. The lowest BCUT2D eigenvalue weighted by atomic mass is 10.1. The van der Waals surface area contributed by atoms with Crippen molar-refractivity contribution in [2.24, 2.45) is 16.6 Å². The Hall–Kier alpha value is -1.58. The summed E-state index contributed by atoms with van der Waals surface area (Å²) in [5.74, 6) is 1.04. The van der Waals surface area contributed by atoms with E-state index in [-0.39, 0.29) is 5.82 Å². The molecule has 16 heavy (non-hydrogen) atoms. The maximum atomic E-state index is 12.9. The molecule has 0 saturated heterocycles. The van der Waals surface area contributed by atoms with Gasteiger partial charge in [-0.25, -0.2) is 4.39 Å². The molecule has 1 atom stereocenters. The van der Waals surface area contributed by atoms with Crippen LogP contribution in [0.4, 0.5) is 10.1 Å². The molecule has 1 unspecified atom stereocenters. The van der Waals surface area contributed by atoms with Crippen LogP contribution >= 0.6 is 0 Å². The van der Waals surface area contributed by atoms with Gasteiger partial charge in [-0.15, -0.1) is 0 Å². The van der Waals surface area contributed by atoms with E-state index in [1.165, 1.54) is 25.0 Å². The van der Waals surface area contributed by atoms with Gasteiger partial charge in [-0.1, -0.05) is 0 Å². The highest BCUT2D eigenvalue weighted by Crippen LogP contribution is 2.38. The van der Waals surface area contributed by atoms with E-state index in [9.17, 15) is 4.39 Å². The Morgan fingerprint density at radius 1 is 1.25 bits per heavy atom. The first-order valence-electron chi connectivity index (χ1n) is 5.60. The predicted molar refractivity (Wildman–Crippen MR) is 61.9 cm³/mol. The van der Waals surface area contributed by atoms with Gasteiger partial charge in [0.2, 0.25) is 0 Å². The third kappa shape index (κ3) is 1.54. The van der Waals surface area contributed by atoms with Gasteiger partial charge in [0.15, 0.2) is 5.96 Å². The normalized spacial score (nSPS) is 24.7. The molecule has 2 N–H and O–H groups in total.